The first-order valence-corrected chi connectivity index (χ1v) is 14.8. The lowest BCUT2D eigenvalue weighted by molar-refractivity contribution is 0.183. The third-order valence-electron chi connectivity index (χ3n) is 6.37. The average molecular weight is 524 g/mol. The second-order valence-electron chi connectivity index (χ2n) is 9.10. The predicted octanol–water partition coefficient (Wildman–Crippen LogP) is 6.33. The van der Waals surface area contributed by atoms with E-state index in [4.69, 9.17) is 9.47 Å². The highest BCUT2D eigenvalue weighted by molar-refractivity contribution is 7.92. The van der Waals surface area contributed by atoms with E-state index >= 15 is 0 Å². The fourth-order valence-electron chi connectivity index (χ4n) is 4.48. The Morgan fingerprint density at radius 1 is 0.944 bits per heavy atom. The Labute approximate surface area is 215 Å². The van der Waals surface area contributed by atoms with E-state index in [1.165, 1.54) is 36.9 Å². The molecule has 3 aromatic carbocycles. The molecular weight excluding hydrogens is 494 g/mol. The van der Waals surface area contributed by atoms with Gasteiger partial charge in [-0.2, -0.15) is 0 Å². The van der Waals surface area contributed by atoms with Crippen LogP contribution in [-0.2, 0) is 9.84 Å². The molecular formula is C28H29NO5S2. The van der Waals surface area contributed by atoms with Crippen LogP contribution in [0.3, 0.4) is 0 Å². The van der Waals surface area contributed by atoms with Crippen LogP contribution in [-0.4, -0.2) is 50.9 Å². The molecule has 188 valence electrons. The number of ether oxygens (including phenoxy) is 2. The van der Waals surface area contributed by atoms with Gasteiger partial charge in [0.15, 0.2) is 9.84 Å². The highest BCUT2D eigenvalue weighted by Gasteiger charge is 2.17. The fraction of sp³-hybridized carbons (Fsp3) is 0.286. The first kappa shape index (κ1) is 24.6. The molecule has 1 aromatic heterocycles. The number of phenols is 1. The summed E-state index contributed by atoms with van der Waals surface area (Å²) in [6.07, 6.45) is 5.06. The Morgan fingerprint density at radius 2 is 1.69 bits per heavy atom. The van der Waals surface area contributed by atoms with E-state index in [-0.39, 0.29) is 5.75 Å². The molecule has 0 radical (unpaired) electrons. The Hall–Kier alpha value is -3.07. The van der Waals surface area contributed by atoms with Crippen LogP contribution in [0, 0.1) is 0 Å². The van der Waals surface area contributed by atoms with Crippen molar-refractivity contribution in [1.29, 1.82) is 0 Å². The molecule has 0 bridgehead atoms. The normalized spacial score (nSPS) is 14.7. The summed E-state index contributed by atoms with van der Waals surface area (Å²) in [5.41, 5.74) is 1.55. The minimum absolute atomic E-state index is 0.169. The lowest BCUT2D eigenvalue weighted by Crippen LogP contribution is -2.33. The molecule has 0 saturated carbocycles. The smallest absolute Gasteiger partial charge is 0.184 e. The summed E-state index contributed by atoms with van der Waals surface area (Å²) < 4.78 is 36.7. The van der Waals surface area contributed by atoms with E-state index in [0.717, 1.165) is 47.3 Å². The van der Waals surface area contributed by atoms with Gasteiger partial charge < -0.3 is 14.6 Å². The monoisotopic (exact) mass is 523 g/mol. The van der Waals surface area contributed by atoms with Crippen molar-refractivity contribution in [2.75, 3.05) is 32.5 Å². The number of thiophene rings is 1. The van der Waals surface area contributed by atoms with Crippen LogP contribution in [0.1, 0.15) is 19.3 Å². The maximum atomic E-state index is 12.0. The lowest BCUT2D eigenvalue weighted by atomic mass is 10.0. The van der Waals surface area contributed by atoms with Crippen molar-refractivity contribution >= 4 is 31.9 Å². The number of hydrogen-bond donors (Lipinski definition) is 1. The van der Waals surface area contributed by atoms with E-state index in [2.05, 4.69) is 4.90 Å². The van der Waals surface area contributed by atoms with Crippen LogP contribution in [0.4, 0.5) is 0 Å². The van der Waals surface area contributed by atoms with E-state index in [0.29, 0.717) is 22.3 Å². The molecule has 1 N–H and O–H groups in total. The van der Waals surface area contributed by atoms with Gasteiger partial charge in [-0.1, -0.05) is 12.5 Å². The van der Waals surface area contributed by atoms with Crippen molar-refractivity contribution in [3.63, 3.8) is 0 Å². The number of aromatic hydroxyl groups is 1. The highest BCUT2D eigenvalue weighted by Crippen LogP contribution is 2.42. The van der Waals surface area contributed by atoms with Crippen LogP contribution in [0.25, 0.3) is 21.9 Å². The largest absolute Gasteiger partial charge is 0.508 e. The number of sulfone groups is 1. The zero-order valence-electron chi connectivity index (χ0n) is 20.1. The van der Waals surface area contributed by atoms with Gasteiger partial charge in [0, 0.05) is 29.1 Å². The van der Waals surface area contributed by atoms with E-state index in [1.54, 1.807) is 18.2 Å². The third kappa shape index (κ3) is 5.67. The summed E-state index contributed by atoms with van der Waals surface area (Å²) in [4.78, 5) is 2.44. The average Bonchev–Trinajstić information content (AvgIpc) is 3.37. The predicted molar refractivity (Wildman–Crippen MR) is 144 cm³/mol. The Morgan fingerprint density at radius 3 is 2.42 bits per heavy atom. The maximum absolute atomic E-state index is 12.0. The van der Waals surface area contributed by atoms with E-state index in [9.17, 15) is 13.5 Å². The Bertz CT molecular complexity index is 1460. The van der Waals surface area contributed by atoms with Crippen molar-refractivity contribution in [2.45, 2.75) is 23.5 Å². The van der Waals surface area contributed by atoms with Crippen LogP contribution >= 0.6 is 11.3 Å². The van der Waals surface area contributed by atoms with Crippen molar-refractivity contribution in [1.82, 2.24) is 4.90 Å². The van der Waals surface area contributed by atoms with Gasteiger partial charge in [0.05, 0.1) is 0 Å². The van der Waals surface area contributed by atoms with Gasteiger partial charge >= 0.3 is 0 Å². The Kier molecular flexibility index (Phi) is 7.18. The molecule has 0 atom stereocenters. The quantitative estimate of drug-likeness (QED) is 0.291. The van der Waals surface area contributed by atoms with Crippen LogP contribution in [0.15, 0.2) is 70.3 Å². The molecule has 1 fully saturated rings. The Balaban J connectivity index is 1.39. The van der Waals surface area contributed by atoms with Gasteiger partial charge in [-0.15, -0.1) is 11.3 Å². The summed E-state index contributed by atoms with van der Waals surface area (Å²) >= 11 is 1.19. The zero-order valence-corrected chi connectivity index (χ0v) is 21.8. The molecule has 1 aliphatic rings. The number of hydrogen-bond acceptors (Lipinski definition) is 7. The first-order valence-electron chi connectivity index (χ1n) is 12.0. The molecule has 5 rings (SSSR count). The molecule has 0 unspecified atom stereocenters. The molecule has 6 nitrogen and oxygen atoms in total. The summed E-state index contributed by atoms with van der Waals surface area (Å²) in [6.45, 7) is 3.88. The molecule has 0 aliphatic carbocycles. The topological polar surface area (TPSA) is 76.1 Å². The number of rotatable bonds is 8. The molecule has 0 amide bonds. The minimum Gasteiger partial charge on any atom is -0.508 e. The molecule has 1 saturated heterocycles. The zero-order chi connectivity index (χ0) is 25.1. The van der Waals surface area contributed by atoms with Gasteiger partial charge in [0.25, 0.3) is 0 Å². The summed E-state index contributed by atoms with van der Waals surface area (Å²) in [5, 5.41) is 13.4. The van der Waals surface area contributed by atoms with Gasteiger partial charge in [-0.25, -0.2) is 8.42 Å². The highest BCUT2D eigenvalue weighted by atomic mass is 32.2. The fourth-order valence-corrected chi connectivity index (χ4v) is 6.29. The van der Waals surface area contributed by atoms with Crippen LogP contribution < -0.4 is 9.47 Å². The summed E-state index contributed by atoms with van der Waals surface area (Å²) in [5.74, 6) is 2.20. The van der Waals surface area contributed by atoms with Crippen LogP contribution in [0.2, 0.25) is 0 Å². The number of fused-ring (bicyclic) bond motifs is 1. The second kappa shape index (κ2) is 10.5. The van der Waals surface area contributed by atoms with Gasteiger partial charge in [-0.3, -0.25) is 4.90 Å². The molecule has 4 aromatic rings. The van der Waals surface area contributed by atoms with E-state index < -0.39 is 9.84 Å². The number of benzene rings is 3. The molecule has 2 heterocycles. The number of likely N-dealkylation sites (tertiary alicyclic amines) is 1. The standard InChI is InChI=1S/C28H29NO5S2/c1-36(31,32)27-18-21(19-35-27)26-11-5-20-17-22(30)6-12-25(20)28(26)34-24-9-7-23(8-10-24)33-16-15-29-13-3-2-4-14-29/h5-12,17-19,30H,2-4,13-16H2,1H3. The summed E-state index contributed by atoms with van der Waals surface area (Å²) in [6, 6.07) is 18.1. The molecule has 1 aliphatic heterocycles. The van der Waals surface area contributed by atoms with Crippen molar-refractivity contribution in [3.05, 3.63) is 66.0 Å². The molecule has 8 heteroatoms. The van der Waals surface area contributed by atoms with Crippen molar-refractivity contribution in [3.8, 4) is 34.1 Å². The van der Waals surface area contributed by atoms with Crippen molar-refractivity contribution < 1.29 is 23.0 Å². The number of piperidine rings is 1. The molecule has 0 spiro atoms. The van der Waals surface area contributed by atoms with Gasteiger partial charge in [-0.05, 0) is 91.5 Å². The van der Waals surface area contributed by atoms with Crippen LogP contribution in [0.5, 0.6) is 23.0 Å². The SMILES string of the molecule is CS(=O)(=O)c1cc(-c2ccc3cc(O)ccc3c2Oc2ccc(OCCN3CCCCC3)cc2)cs1. The maximum Gasteiger partial charge on any atom is 0.184 e. The third-order valence-corrected chi connectivity index (χ3v) is 9.14. The lowest BCUT2D eigenvalue weighted by Gasteiger charge is -2.26. The molecule has 36 heavy (non-hydrogen) atoms. The summed E-state index contributed by atoms with van der Waals surface area (Å²) in [7, 11) is -3.30. The van der Waals surface area contributed by atoms with Crippen molar-refractivity contribution in [2.24, 2.45) is 0 Å². The number of nitrogens with zero attached hydrogens (tertiary/aromatic N) is 1. The first-order chi connectivity index (χ1) is 17.4. The second-order valence-corrected chi connectivity index (χ2v) is 12.3. The number of phenolic OH excluding ortho intramolecular Hbond substituents is 1. The van der Waals surface area contributed by atoms with Gasteiger partial charge in [0.1, 0.15) is 33.8 Å². The van der Waals surface area contributed by atoms with Gasteiger partial charge in [0.2, 0.25) is 0 Å². The minimum atomic E-state index is -3.30. The van der Waals surface area contributed by atoms with E-state index in [1.807, 2.05) is 47.8 Å².